The van der Waals surface area contributed by atoms with Gasteiger partial charge in [0.05, 0.1) is 17.8 Å². The van der Waals surface area contributed by atoms with E-state index in [-0.39, 0.29) is 6.42 Å². The molecule has 0 saturated carbocycles. The van der Waals surface area contributed by atoms with Crippen molar-refractivity contribution in [3.05, 3.63) is 83.2 Å². The first-order valence-electron chi connectivity index (χ1n) is 9.36. The van der Waals surface area contributed by atoms with E-state index >= 15 is 0 Å². The molecule has 30 heavy (non-hydrogen) atoms. The number of ether oxygens (including phenoxy) is 1. The maximum absolute atomic E-state index is 12.2. The van der Waals surface area contributed by atoms with Crippen molar-refractivity contribution in [2.75, 3.05) is 6.61 Å². The molecular formula is C22H22N4O4. The van der Waals surface area contributed by atoms with Gasteiger partial charge in [-0.1, -0.05) is 36.4 Å². The number of rotatable bonds is 6. The maximum atomic E-state index is 12.2. The minimum absolute atomic E-state index is 0.00580. The zero-order chi connectivity index (χ0) is 21.5. The fourth-order valence-corrected chi connectivity index (χ4v) is 2.92. The lowest BCUT2D eigenvalue weighted by molar-refractivity contribution is -0.148. The number of hydrogen-bond acceptors (Lipinski definition) is 5. The molecule has 1 aromatic heterocycles. The second-order valence-corrected chi connectivity index (χ2v) is 6.60. The van der Waals surface area contributed by atoms with Gasteiger partial charge in [0, 0.05) is 16.8 Å². The Morgan fingerprint density at radius 2 is 1.57 bits per heavy atom. The maximum Gasteiger partial charge on any atom is 0.310 e. The van der Waals surface area contributed by atoms with E-state index in [2.05, 4.69) is 16.0 Å². The number of para-hydroxylation sites is 1. The molecule has 0 atom stereocenters. The molecule has 0 bridgehead atoms. The number of hydrazine groups is 1. The molecule has 0 aliphatic heterocycles. The van der Waals surface area contributed by atoms with E-state index in [0.29, 0.717) is 11.3 Å². The fraction of sp³-hybridized carbons (Fsp3) is 0.182. The first-order valence-corrected chi connectivity index (χ1v) is 9.36. The predicted molar refractivity (Wildman–Crippen MR) is 110 cm³/mol. The molecular weight excluding hydrogens is 384 g/mol. The first kappa shape index (κ1) is 20.8. The Hall–Kier alpha value is -3.94. The van der Waals surface area contributed by atoms with Crippen LogP contribution in [0, 0.1) is 13.8 Å². The third-order valence-electron chi connectivity index (χ3n) is 4.48. The Morgan fingerprint density at radius 3 is 2.23 bits per heavy atom. The fourth-order valence-electron chi connectivity index (χ4n) is 2.92. The number of hydrogen-bond donors (Lipinski definition) is 2. The lowest BCUT2D eigenvalue weighted by atomic mass is 10.1. The highest BCUT2D eigenvalue weighted by atomic mass is 16.5. The van der Waals surface area contributed by atoms with Crippen LogP contribution in [0.5, 0.6) is 0 Å². The molecule has 0 saturated heterocycles. The average Bonchev–Trinajstić information content (AvgIpc) is 3.05. The smallest absolute Gasteiger partial charge is 0.310 e. The van der Waals surface area contributed by atoms with Crippen LogP contribution in [0.2, 0.25) is 0 Å². The Kier molecular flexibility index (Phi) is 6.59. The number of carbonyl (C=O) groups excluding carboxylic acids is 3. The van der Waals surface area contributed by atoms with Crippen LogP contribution < -0.4 is 10.9 Å². The molecule has 1 heterocycles. The number of carbonyl (C=O) groups is 3. The molecule has 8 heteroatoms. The first-order chi connectivity index (χ1) is 14.5. The average molecular weight is 406 g/mol. The number of esters is 1. The molecule has 0 spiro atoms. The summed E-state index contributed by atoms with van der Waals surface area (Å²) in [7, 11) is 0. The van der Waals surface area contributed by atoms with Crippen molar-refractivity contribution in [3.63, 3.8) is 0 Å². The van der Waals surface area contributed by atoms with Crippen LogP contribution in [0.3, 0.4) is 0 Å². The van der Waals surface area contributed by atoms with Crippen molar-refractivity contribution in [1.82, 2.24) is 20.6 Å². The minimum atomic E-state index is -0.638. The van der Waals surface area contributed by atoms with Gasteiger partial charge < -0.3 is 4.74 Å². The molecule has 0 radical (unpaired) electrons. The molecule has 0 fully saturated rings. The van der Waals surface area contributed by atoms with E-state index in [9.17, 15) is 14.4 Å². The van der Waals surface area contributed by atoms with E-state index in [1.807, 2.05) is 44.2 Å². The summed E-state index contributed by atoms with van der Waals surface area (Å²) in [5, 5.41) is 4.49. The van der Waals surface area contributed by atoms with Crippen molar-refractivity contribution in [3.8, 4) is 5.69 Å². The van der Waals surface area contributed by atoms with E-state index in [1.54, 1.807) is 35.0 Å². The van der Waals surface area contributed by atoms with E-state index < -0.39 is 24.4 Å². The van der Waals surface area contributed by atoms with Crippen LogP contribution in [0.15, 0.2) is 60.7 Å². The van der Waals surface area contributed by atoms with Crippen molar-refractivity contribution in [2.45, 2.75) is 20.3 Å². The molecule has 2 aromatic carbocycles. The summed E-state index contributed by atoms with van der Waals surface area (Å²) in [4.78, 5) is 35.9. The van der Waals surface area contributed by atoms with Gasteiger partial charge in [-0.25, -0.2) is 4.68 Å². The second kappa shape index (κ2) is 9.51. The summed E-state index contributed by atoms with van der Waals surface area (Å²) in [5.41, 5.74) is 8.08. The van der Waals surface area contributed by atoms with Gasteiger partial charge in [-0.2, -0.15) is 5.10 Å². The highest BCUT2D eigenvalue weighted by molar-refractivity contribution is 5.95. The van der Waals surface area contributed by atoms with Crippen molar-refractivity contribution in [2.24, 2.45) is 0 Å². The number of aromatic nitrogens is 2. The van der Waals surface area contributed by atoms with E-state index in [0.717, 1.165) is 16.9 Å². The molecule has 2 amide bonds. The molecule has 8 nitrogen and oxygen atoms in total. The zero-order valence-electron chi connectivity index (χ0n) is 16.7. The van der Waals surface area contributed by atoms with Crippen LogP contribution in [0.25, 0.3) is 5.69 Å². The summed E-state index contributed by atoms with van der Waals surface area (Å²) in [6, 6.07) is 18.0. The topological polar surface area (TPSA) is 102 Å². The summed E-state index contributed by atoms with van der Waals surface area (Å²) in [5.74, 6) is -1.66. The predicted octanol–water partition coefficient (Wildman–Crippen LogP) is 2.04. The van der Waals surface area contributed by atoms with E-state index in [1.165, 1.54) is 0 Å². The van der Waals surface area contributed by atoms with Crippen LogP contribution >= 0.6 is 0 Å². The van der Waals surface area contributed by atoms with Crippen LogP contribution in [0.1, 0.15) is 27.3 Å². The highest BCUT2D eigenvalue weighted by Crippen LogP contribution is 2.18. The molecule has 0 aliphatic carbocycles. The van der Waals surface area contributed by atoms with Gasteiger partial charge in [0.2, 0.25) is 0 Å². The van der Waals surface area contributed by atoms with Crippen molar-refractivity contribution < 1.29 is 19.1 Å². The van der Waals surface area contributed by atoms with Crippen LogP contribution in [-0.4, -0.2) is 34.2 Å². The van der Waals surface area contributed by atoms with Crippen molar-refractivity contribution in [1.29, 1.82) is 0 Å². The molecule has 0 aliphatic rings. The summed E-state index contributed by atoms with van der Waals surface area (Å²) < 4.78 is 6.80. The van der Waals surface area contributed by atoms with E-state index in [4.69, 9.17) is 4.74 Å². The van der Waals surface area contributed by atoms with Gasteiger partial charge >= 0.3 is 5.97 Å². The lowest BCUT2D eigenvalue weighted by Gasteiger charge is -2.08. The summed E-state index contributed by atoms with van der Waals surface area (Å²) in [6.07, 6.45) is -0.00580. The molecule has 154 valence electrons. The number of benzene rings is 2. The van der Waals surface area contributed by atoms with Gasteiger partial charge in [0.25, 0.3) is 11.8 Å². The third kappa shape index (κ3) is 5.11. The zero-order valence-corrected chi connectivity index (χ0v) is 16.7. The van der Waals surface area contributed by atoms with Crippen LogP contribution in [0.4, 0.5) is 0 Å². The Labute approximate surface area is 173 Å². The number of nitrogens with zero attached hydrogens (tertiary/aromatic N) is 2. The van der Waals surface area contributed by atoms with Gasteiger partial charge in [-0.3, -0.25) is 25.2 Å². The Morgan fingerprint density at radius 1 is 0.933 bits per heavy atom. The standard InChI is InChI=1S/C22H22N4O4/c1-15-19(16(2)26(25-15)18-11-7-4-8-12-18)13-21(28)30-14-20(27)23-24-22(29)17-9-5-3-6-10-17/h3-12H,13-14H2,1-2H3,(H,23,27)(H,24,29). The second-order valence-electron chi connectivity index (χ2n) is 6.60. The molecule has 2 N–H and O–H groups in total. The van der Waals surface area contributed by atoms with Gasteiger partial charge in [-0.05, 0) is 38.1 Å². The molecule has 3 aromatic rings. The highest BCUT2D eigenvalue weighted by Gasteiger charge is 2.17. The number of nitrogens with one attached hydrogen (secondary N) is 2. The summed E-state index contributed by atoms with van der Waals surface area (Å²) in [6.45, 7) is 3.20. The number of amides is 2. The van der Waals surface area contributed by atoms with Gasteiger partial charge in [-0.15, -0.1) is 0 Å². The van der Waals surface area contributed by atoms with Crippen molar-refractivity contribution >= 4 is 17.8 Å². The number of aryl methyl sites for hydroxylation is 1. The molecule has 0 unspecified atom stereocenters. The monoisotopic (exact) mass is 406 g/mol. The molecule has 3 rings (SSSR count). The van der Waals surface area contributed by atoms with Crippen LogP contribution in [-0.2, 0) is 20.7 Å². The normalized spacial score (nSPS) is 10.3. The Bertz CT molecular complexity index is 1050. The summed E-state index contributed by atoms with van der Waals surface area (Å²) >= 11 is 0. The third-order valence-corrected chi connectivity index (χ3v) is 4.48. The van der Waals surface area contributed by atoms with Gasteiger partial charge in [0.1, 0.15) is 0 Å². The lowest BCUT2D eigenvalue weighted by Crippen LogP contribution is -2.43. The van der Waals surface area contributed by atoms with Gasteiger partial charge in [0.15, 0.2) is 6.61 Å². The Balaban J connectivity index is 1.51. The minimum Gasteiger partial charge on any atom is -0.455 e. The SMILES string of the molecule is Cc1nn(-c2ccccc2)c(C)c1CC(=O)OCC(=O)NNC(=O)c1ccccc1. The largest absolute Gasteiger partial charge is 0.455 e. The quantitative estimate of drug-likeness (QED) is 0.482.